The Morgan fingerprint density at radius 2 is 1.78 bits per heavy atom. The van der Waals surface area contributed by atoms with Crippen molar-refractivity contribution in [1.29, 1.82) is 0 Å². The highest BCUT2D eigenvalue weighted by molar-refractivity contribution is 5.94. The number of aryl methyl sites for hydroxylation is 2. The summed E-state index contributed by atoms with van der Waals surface area (Å²) in [6, 6.07) is 9.34. The fourth-order valence-electron chi connectivity index (χ4n) is 2.58. The van der Waals surface area contributed by atoms with Crippen molar-refractivity contribution in [3.63, 3.8) is 0 Å². The van der Waals surface area contributed by atoms with Crippen molar-refractivity contribution in [2.75, 3.05) is 6.61 Å². The zero-order valence-electron chi connectivity index (χ0n) is 14.8. The number of hydrogen-bond acceptors (Lipinski definition) is 4. The van der Waals surface area contributed by atoms with E-state index in [-0.39, 0.29) is 12.3 Å². The predicted molar refractivity (Wildman–Crippen MR) is 93.3 cm³/mol. The second kappa shape index (κ2) is 8.98. The molecule has 2 rings (SSSR count). The van der Waals surface area contributed by atoms with E-state index in [4.69, 9.17) is 9.84 Å². The van der Waals surface area contributed by atoms with Crippen molar-refractivity contribution < 1.29 is 33.0 Å². The standard InChI is InChI=1S/C19H19F2NO5/c1-11-7-14(8-12(2)17(11)26-10-16(23)24)18(25)22-9-13-5-3-4-6-15(13)27-19(20)21/h3-8,19H,9-10H2,1-2H3,(H,22,25)(H,23,24). The molecule has 144 valence electrons. The van der Waals surface area contributed by atoms with Crippen molar-refractivity contribution in [2.45, 2.75) is 27.0 Å². The van der Waals surface area contributed by atoms with Crippen LogP contribution in [0.15, 0.2) is 36.4 Å². The van der Waals surface area contributed by atoms with Gasteiger partial charge in [-0.15, -0.1) is 0 Å². The minimum atomic E-state index is -2.95. The van der Waals surface area contributed by atoms with Gasteiger partial charge in [0, 0.05) is 17.7 Å². The van der Waals surface area contributed by atoms with E-state index < -0.39 is 25.1 Å². The summed E-state index contributed by atoms with van der Waals surface area (Å²) in [5.41, 5.74) is 1.99. The number of carboxylic acids is 1. The van der Waals surface area contributed by atoms with Crippen LogP contribution in [-0.2, 0) is 11.3 Å². The number of amides is 1. The smallest absolute Gasteiger partial charge is 0.387 e. The fourth-order valence-corrected chi connectivity index (χ4v) is 2.58. The summed E-state index contributed by atoms with van der Waals surface area (Å²) in [5, 5.41) is 11.4. The molecule has 0 fully saturated rings. The highest BCUT2D eigenvalue weighted by Gasteiger charge is 2.14. The van der Waals surface area contributed by atoms with Gasteiger partial charge in [0.15, 0.2) is 6.61 Å². The van der Waals surface area contributed by atoms with E-state index in [2.05, 4.69) is 10.1 Å². The monoisotopic (exact) mass is 379 g/mol. The molecule has 0 aliphatic carbocycles. The molecule has 0 heterocycles. The van der Waals surface area contributed by atoms with Gasteiger partial charge in [-0.1, -0.05) is 18.2 Å². The number of carboxylic acid groups (broad SMARTS) is 1. The number of nitrogens with one attached hydrogen (secondary N) is 1. The molecule has 2 aromatic rings. The number of benzene rings is 2. The number of hydrogen-bond donors (Lipinski definition) is 2. The van der Waals surface area contributed by atoms with E-state index in [1.54, 1.807) is 44.2 Å². The Hall–Kier alpha value is -3.16. The van der Waals surface area contributed by atoms with E-state index in [0.717, 1.165) is 0 Å². The quantitative estimate of drug-likeness (QED) is 0.735. The first-order valence-corrected chi connectivity index (χ1v) is 8.04. The molecule has 0 aliphatic heterocycles. The molecule has 2 aromatic carbocycles. The Balaban J connectivity index is 2.10. The average Bonchev–Trinajstić information content (AvgIpc) is 2.59. The lowest BCUT2D eigenvalue weighted by molar-refractivity contribution is -0.139. The lowest BCUT2D eigenvalue weighted by Crippen LogP contribution is -2.23. The lowest BCUT2D eigenvalue weighted by Gasteiger charge is -2.14. The highest BCUT2D eigenvalue weighted by atomic mass is 19.3. The van der Waals surface area contributed by atoms with Gasteiger partial charge in [-0.25, -0.2) is 4.79 Å². The average molecular weight is 379 g/mol. The van der Waals surface area contributed by atoms with Crippen molar-refractivity contribution in [3.8, 4) is 11.5 Å². The van der Waals surface area contributed by atoms with Crippen LogP contribution in [0.3, 0.4) is 0 Å². The summed E-state index contributed by atoms with van der Waals surface area (Å²) < 4.78 is 34.6. The topological polar surface area (TPSA) is 84.9 Å². The summed E-state index contributed by atoms with van der Waals surface area (Å²) in [7, 11) is 0. The Bertz CT molecular complexity index is 816. The summed E-state index contributed by atoms with van der Waals surface area (Å²) in [5.74, 6) is -1.10. The number of aliphatic carboxylic acids is 1. The molecule has 27 heavy (non-hydrogen) atoms. The molecule has 2 N–H and O–H groups in total. The number of alkyl halides is 2. The predicted octanol–water partition coefficient (Wildman–Crippen LogP) is 3.30. The molecule has 0 saturated carbocycles. The molecule has 0 spiro atoms. The molecule has 6 nitrogen and oxygen atoms in total. The van der Waals surface area contributed by atoms with E-state index in [1.165, 1.54) is 6.07 Å². The van der Waals surface area contributed by atoms with Gasteiger partial charge >= 0.3 is 12.6 Å². The molecule has 0 atom stereocenters. The van der Waals surface area contributed by atoms with Crippen molar-refractivity contribution >= 4 is 11.9 Å². The number of carbonyl (C=O) groups is 2. The normalized spacial score (nSPS) is 10.6. The van der Waals surface area contributed by atoms with E-state index in [9.17, 15) is 18.4 Å². The van der Waals surface area contributed by atoms with Gasteiger partial charge in [0.25, 0.3) is 5.91 Å². The zero-order valence-corrected chi connectivity index (χ0v) is 14.8. The molecule has 0 bridgehead atoms. The fraction of sp³-hybridized carbons (Fsp3) is 0.263. The third-order valence-electron chi connectivity index (χ3n) is 3.69. The van der Waals surface area contributed by atoms with Crippen LogP contribution in [0.2, 0.25) is 0 Å². The summed E-state index contributed by atoms with van der Waals surface area (Å²) >= 11 is 0. The van der Waals surface area contributed by atoms with Crippen molar-refractivity contribution in [3.05, 3.63) is 58.7 Å². The zero-order chi connectivity index (χ0) is 20.0. The molecule has 8 heteroatoms. The van der Waals surface area contributed by atoms with Gasteiger partial charge in [-0.05, 0) is 43.2 Å². The minimum Gasteiger partial charge on any atom is -0.481 e. The molecule has 0 unspecified atom stereocenters. The van der Waals surface area contributed by atoms with Crippen LogP contribution < -0.4 is 14.8 Å². The minimum absolute atomic E-state index is 0.00224. The first-order valence-electron chi connectivity index (χ1n) is 8.04. The second-order valence-corrected chi connectivity index (χ2v) is 5.79. The Kier molecular flexibility index (Phi) is 6.70. The Labute approximate surface area is 154 Å². The highest BCUT2D eigenvalue weighted by Crippen LogP contribution is 2.25. The molecule has 0 aromatic heterocycles. The molecule has 0 radical (unpaired) electrons. The van der Waals surface area contributed by atoms with Crippen LogP contribution in [0.1, 0.15) is 27.0 Å². The van der Waals surface area contributed by atoms with Crippen LogP contribution in [0.25, 0.3) is 0 Å². The molecule has 0 aliphatic rings. The van der Waals surface area contributed by atoms with Gasteiger partial charge in [0.2, 0.25) is 0 Å². The molecule has 0 saturated heterocycles. The van der Waals surface area contributed by atoms with Crippen LogP contribution in [0, 0.1) is 13.8 Å². The van der Waals surface area contributed by atoms with Gasteiger partial charge in [-0.3, -0.25) is 4.79 Å². The van der Waals surface area contributed by atoms with E-state index in [0.29, 0.717) is 28.0 Å². The summed E-state index contributed by atoms with van der Waals surface area (Å²) in [6.07, 6.45) is 0. The first kappa shape index (κ1) is 20.2. The van der Waals surface area contributed by atoms with Crippen LogP contribution in [-0.4, -0.2) is 30.2 Å². The van der Waals surface area contributed by atoms with Crippen LogP contribution >= 0.6 is 0 Å². The summed E-state index contributed by atoms with van der Waals surface area (Å²) in [4.78, 5) is 23.0. The number of rotatable bonds is 8. The molecular formula is C19H19F2NO5. The number of ether oxygens (including phenoxy) is 2. The second-order valence-electron chi connectivity index (χ2n) is 5.79. The van der Waals surface area contributed by atoms with Crippen molar-refractivity contribution in [2.24, 2.45) is 0 Å². The SMILES string of the molecule is Cc1cc(C(=O)NCc2ccccc2OC(F)F)cc(C)c1OCC(=O)O. The molecular weight excluding hydrogens is 360 g/mol. The van der Waals surface area contributed by atoms with Gasteiger partial charge in [-0.2, -0.15) is 8.78 Å². The Morgan fingerprint density at radius 1 is 1.15 bits per heavy atom. The number of halogens is 2. The third-order valence-corrected chi connectivity index (χ3v) is 3.69. The maximum Gasteiger partial charge on any atom is 0.387 e. The van der Waals surface area contributed by atoms with E-state index in [1.807, 2.05) is 0 Å². The lowest BCUT2D eigenvalue weighted by atomic mass is 10.0. The van der Waals surface area contributed by atoms with E-state index >= 15 is 0 Å². The maximum absolute atomic E-state index is 12.4. The number of carbonyl (C=O) groups excluding carboxylic acids is 1. The van der Waals surface area contributed by atoms with Gasteiger partial charge in [0.05, 0.1) is 0 Å². The van der Waals surface area contributed by atoms with Crippen LogP contribution in [0.5, 0.6) is 11.5 Å². The maximum atomic E-state index is 12.4. The Morgan fingerprint density at radius 3 is 2.37 bits per heavy atom. The third kappa shape index (κ3) is 5.67. The largest absolute Gasteiger partial charge is 0.481 e. The van der Waals surface area contributed by atoms with Crippen LogP contribution in [0.4, 0.5) is 8.78 Å². The van der Waals surface area contributed by atoms with Gasteiger partial charge in [0.1, 0.15) is 11.5 Å². The first-order chi connectivity index (χ1) is 12.8. The molecule has 1 amide bonds. The summed E-state index contributed by atoms with van der Waals surface area (Å²) in [6.45, 7) is -0.0180. The number of para-hydroxylation sites is 1. The van der Waals surface area contributed by atoms with Gasteiger partial charge < -0.3 is 19.9 Å². The van der Waals surface area contributed by atoms with Crippen molar-refractivity contribution in [1.82, 2.24) is 5.32 Å².